The molecule has 3 nitrogen and oxygen atoms in total. The van der Waals surface area contributed by atoms with Crippen LogP contribution in [0.5, 0.6) is 5.75 Å². The number of ether oxygens (including phenoxy) is 1. The summed E-state index contributed by atoms with van der Waals surface area (Å²) in [5, 5.41) is 0. The van der Waals surface area contributed by atoms with Gasteiger partial charge < -0.3 is 9.72 Å². The van der Waals surface area contributed by atoms with E-state index in [1.807, 2.05) is 32.9 Å². The van der Waals surface area contributed by atoms with E-state index in [1.165, 1.54) is 0 Å². The van der Waals surface area contributed by atoms with Crippen LogP contribution in [0.1, 0.15) is 32.9 Å². The molecule has 1 aromatic carbocycles. The van der Waals surface area contributed by atoms with Gasteiger partial charge in [0.05, 0.1) is 12.8 Å². The zero-order valence-corrected chi connectivity index (χ0v) is 11.1. The van der Waals surface area contributed by atoms with E-state index in [4.69, 9.17) is 4.74 Å². The second-order valence-corrected chi connectivity index (χ2v) is 4.44. The zero-order valence-electron chi connectivity index (χ0n) is 11.1. The van der Waals surface area contributed by atoms with E-state index in [0.717, 1.165) is 16.8 Å². The van der Waals surface area contributed by atoms with E-state index < -0.39 is 0 Å². The molecule has 94 valence electrons. The van der Waals surface area contributed by atoms with E-state index in [-0.39, 0.29) is 5.78 Å². The Kier molecular flexibility index (Phi) is 3.24. The highest BCUT2D eigenvalue weighted by Crippen LogP contribution is 2.21. The molecule has 2 rings (SSSR count). The van der Waals surface area contributed by atoms with Crippen LogP contribution >= 0.6 is 0 Å². The molecule has 0 aliphatic rings. The quantitative estimate of drug-likeness (QED) is 0.841. The first-order chi connectivity index (χ1) is 8.54. The minimum Gasteiger partial charge on any atom is -0.497 e. The number of H-pyrrole nitrogens is 1. The maximum absolute atomic E-state index is 12.4. The van der Waals surface area contributed by atoms with Gasteiger partial charge in [-0.25, -0.2) is 0 Å². The number of ketones is 1. The number of nitrogens with one attached hydrogen (secondary N) is 1. The number of hydrogen-bond donors (Lipinski definition) is 1. The molecule has 3 heteroatoms. The lowest BCUT2D eigenvalue weighted by Gasteiger charge is -2.03. The van der Waals surface area contributed by atoms with Crippen LogP contribution in [0.25, 0.3) is 0 Å². The third-order valence-electron chi connectivity index (χ3n) is 3.37. The van der Waals surface area contributed by atoms with Crippen LogP contribution in [0, 0.1) is 20.8 Å². The molecule has 1 aromatic heterocycles. The number of aromatic amines is 1. The van der Waals surface area contributed by atoms with Gasteiger partial charge >= 0.3 is 0 Å². The molecule has 0 spiro atoms. The Morgan fingerprint density at radius 3 is 2.44 bits per heavy atom. The predicted octanol–water partition coefficient (Wildman–Crippen LogP) is 3.18. The maximum atomic E-state index is 12.4. The minimum absolute atomic E-state index is 0.00241. The standard InChI is InChI=1S/C15H17NO2/c1-9-10(2)14(16-11(9)3)15(17)12-6-5-7-13(8-12)18-4/h5-8,16H,1-4H3. The summed E-state index contributed by atoms with van der Waals surface area (Å²) in [5.74, 6) is 0.695. The first kappa shape index (κ1) is 12.4. The third-order valence-corrected chi connectivity index (χ3v) is 3.37. The van der Waals surface area contributed by atoms with E-state index in [1.54, 1.807) is 19.2 Å². The lowest BCUT2D eigenvalue weighted by atomic mass is 10.0. The molecule has 0 saturated carbocycles. The highest BCUT2D eigenvalue weighted by molar-refractivity contribution is 6.09. The molecule has 1 N–H and O–H groups in total. The summed E-state index contributed by atoms with van der Waals surface area (Å²) in [4.78, 5) is 15.6. The van der Waals surface area contributed by atoms with Crippen molar-refractivity contribution < 1.29 is 9.53 Å². The van der Waals surface area contributed by atoms with Crippen molar-refractivity contribution in [2.45, 2.75) is 20.8 Å². The van der Waals surface area contributed by atoms with Crippen molar-refractivity contribution in [1.29, 1.82) is 0 Å². The first-order valence-electron chi connectivity index (χ1n) is 5.89. The summed E-state index contributed by atoms with van der Waals surface area (Å²) in [6.07, 6.45) is 0. The lowest BCUT2D eigenvalue weighted by Crippen LogP contribution is -2.04. The molecular weight excluding hydrogens is 226 g/mol. The van der Waals surface area contributed by atoms with Crippen molar-refractivity contribution in [3.05, 3.63) is 52.3 Å². The number of methoxy groups -OCH3 is 1. The lowest BCUT2D eigenvalue weighted by molar-refractivity contribution is 0.103. The van der Waals surface area contributed by atoms with Gasteiger partial charge in [-0.2, -0.15) is 0 Å². The molecule has 0 fully saturated rings. The average molecular weight is 243 g/mol. The van der Waals surface area contributed by atoms with Gasteiger partial charge in [-0.15, -0.1) is 0 Å². The Labute approximate surface area is 107 Å². The normalized spacial score (nSPS) is 10.4. The van der Waals surface area contributed by atoms with Crippen molar-refractivity contribution in [1.82, 2.24) is 4.98 Å². The number of benzene rings is 1. The predicted molar refractivity (Wildman–Crippen MR) is 71.4 cm³/mol. The molecule has 0 radical (unpaired) electrons. The fourth-order valence-corrected chi connectivity index (χ4v) is 1.98. The molecule has 18 heavy (non-hydrogen) atoms. The molecule has 0 aliphatic heterocycles. The summed E-state index contributed by atoms with van der Waals surface area (Å²) in [6.45, 7) is 5.96. The van der Waals surface area contributed by atoms with Crippen LogP contribution in [-0.4, -0.2) is 17.9 Å². The number of hydrogen-bond acceptors (Lipinski definition) is 2. The Hall–Kier alpha value is -2.03. The SMILES string of the molecule is COc1cccc(C(=O)c2[nH]c(C)c(C)c2C)c1. The summed E-state index contributed by atoms with van der Waals surface area (Å²) < 4.78 is 5.14. The molecule has 0 atom stereocenters. The van der Waals surface area contributed by atoms with Gasteiger partial charge in [0.15, 0.2) is 0 Å². The molecule has 2 aromatic rings. The van der Waals surface area contributed by atoms with Gasteiger partial charge in [0.25, 0.3) is 0 Å². The van der Waals surface area contributed by atoms with Crippen LogP contribution in [0.15, 0.2) is 24.3 Å². The van der Waals surface area contributed by atoms with Crippen LogP contribution in [0.3, 0.4) is 0 Å². The van der Waals surface area contributed by atoms with Crippen molar-refractivity contribution >= 4 is 5.78 Å². The number of carbonyl (C=O) groups is 1. The van der Waals surface area contributed by atoms with Crippen molar-refractivity contribution in [3.63, 3.8) is 0 Å². The van der Waals surface area contributed by atoms with Gasteiger partial charge in [-0.05, 0) is 44.0 Å². The maximum Gasteiger partial charge on any atom is 0.209 e. The second kappa shape index (κ2) is 4.69. The van der Waals surface area contributed by atoms with Crippen molar-refractivity contribution in [2.75, 3.05) is 7.11 Å². The Balaban J connectivity index is 2.44. The zero-order chi connectivity index (χ0) is 13.3. The Morgan fingerprint density at radius 2 is 1.89 bits per heavy atom. The van der Waals surface area contributed by atoms with Crippen LogP contribution in [0.2, 0.25) is 0 Å². The fourth-order valence-electron chi connectivity index (χ4n) is 1.98. The van der Waals surface area contributed by atoms with Gasteiger partial charge in [0.1, 0.15) is 5.75 Å². The molecular formula is C15H17NO2. The average Bonchev–Trinajstić information content (AvgIpc) is 2.65. The highest BCUT2D eigenvalue weighted by atomic mass is 16.5. The van der Waals surface area contributed by atoms with Gasteiger partial charge in [-0.1, -0.05) is 12.1 Å². The number of aromatic nitrogens is 1. The second-order valence-electron chi connectivity index (χ2n) is 4.44. The minimum atomic E-state index is 0.00241. The fraction of sp³-hybridized carbons (Fsp3) is 0.267. The van der Waals surface area contributed by atoms with Gasteiger partial charge in [0, 0.05) is 11.3 Å². The molecule has 0 saturated heterocycles. The molecule has 1 heterocycles. The summed E-state index contributed by atoms with van der Waals surface area (Å²) in [6, 6.07) is 7.21. The number of aryl methyl sites for hydroxylation is 1. The number of carbonyl (C=O) groups excluding carboxylic acids is 1. The smallest absolute Gasteiger partial charge is 0.209 e. The third kappa shape index (κ3) is 2.04. The molecule has 0 bridgehead atoms. The largest absolute Gasteiger partial charge is 0.497 e. The Bertz CT molecular complexity index is 597. The van der Waals surface area contributed by atoms with Crippen LogP contribution < -0.4 is 4.74 Å². The van der Waals surface area contributed by atoms with E-state index >= 15 is 0 Å². The summed E-state index contributed by atoms with van der Waals surface area (Å²) >= 11 is 0. The van der Waals surface area contributed by atoms with Crippen molar-refractivity contribution in [3.8, 4) is 5.75 Å². The monoisotopic (exact) mass is 243 g/mol. The van der Waals surface area contributed by atoms with Crippen LogP contribution in [-0.2, 0) is 0 Å². The number of rotatable bonds is 3. The van der Waals surface area contributed by atoms with E-state index in [2.05, 4.69) is 4.98 Å². The summed E-state index contributed by atoms with van der Waals surface area (Å²) in [5.41, 5.74) is 4.50. The Morgan fingerprint density at radius 1 is 1.17 bits per heavy atom. The molecule has 0 amide bonds. The summed E-state index contributed by atoms with van der Waals surface area (Å²) in [7, 11) is 1.60. The molecule has 0 unspecified atom stereocenters. The van der Waals surface area contributed by atoms with Crippen molar-refractivity contribution in [2.24, 2.45) is 0 Å². The van der Waals surface area contributed by atoms with E-state index in [9.17, 15) is 4.79 Å². The highest BCUT2D eigenvalue weighted by Gasteiger charge is 2.16. The van der Waals surface area contributed by atoms with Gasteiger partial charge in [-0.3, -0.25) is 4.79 Å². The first-order valence-corrected chi connectivity index (χ1v) is 5.89. The van der Waals surface area contributed by atoms with E-state index in [0.29, 0.717) is 17.0 Å². The topological polar surface area (TPSA) is 42.1 Å². The van der Waals surface area contributed by atoms with Gasteiger partial charge in [0.2, 0.25) is 5.78 Å². The van der Waals surface area contributed by atoms with Crippen LogP contribution in [0.4, 0.5) is 0 Å². The molecule has 0 aliphatic carbocycles.